The van der Waals surface area contributed by atoms with Gasteiger partial charge in [0.05, 0.1) is 16.1 Å². The second-order valence-corrected chi connectivity index (χ2v) is 7.68. The van der Waals surface area contributed by atoms with E-state index < -0.39 is 0 Å². The van der Waals surface area contributed by atoms with E-state index in [1.807, 2.05) is 42.5 Å². The molecule has 4 nitrogen and oxygen atoms in total. The van der Waals surface area contributed by atoms with Crippen LogP contribution in [0.4, 0.5) is 5.13 Å². The number of carbonyl (C=O) groups is 1. The lowest BCUT2D eigenvalue weighted by molar-refractivity contribution is -0.125. The van der Waals surface area contributed by atoms with E-state index >= 15 is 0 Å². The maximum absolute atomic E-state index is 12.2. The van der Waals surface area contributed by atoms with Crippen LogP contribution in [0, 0.1) is 5.92 Å². The molecular formula is C19H18ClN3OS. The van der Waals surface area contributed by atoms with Gasteiger partial charge in [-0.05, 0) is 36.2 Å². The monoisotopic (exact) mass is 371 g/mol. The van der Waals surface area contributed by atoms with E-state index in [1.54, 1.807) is 11.3 Å². The van der Waals surface area contributed by atoms with Gasteiger partial charge >= 0.3 is 0 Å². The van der Waals surface area contributed by atoms with Crippen molar-refractivity contribution in [3.05, 3.63) is 59.1 Å². The number of hydrogen-bond acceptors (Lipinski definition) is 4. The summed E-state index contributed by atoms with van der Waals surface area (Å²) >= 11 is 7.56. The normalized spacial score (nSPS) is 14.5. The number of nitrogens with zero attached hydrogens (tertiary/aromatic N) is 2. The summed E-state index contributed by atoms with van der Waals surface area (Å²) in [7, 11) is 0. The van der Waals surface area contributed by atoms with Crippen LogP contribution in [-0.4, -0.2) is 30.5 Å². The molecule has 0 spiro atoms. The first-order valence-electron chi connectivity index (χ1n) is 8.32. The van der Waals surface area contributed by atoms with Crippen LogP contribution in [0.1, 0.15) is 5.56 Å². The minimum atomic E-state index is 0.0530. The molecule has 1 fully saturated rings. The molecule has 1 amide bonds. The van der Waals surface area contributed by atoms with Gasteiger partial charge in [-0.2, -0.15) is 0 Å². The molecular weight excluding hydrogens is 354 g/mol. The van der Waals surface area contributed by atoms with Crippen LogP contribution in [0.25, 0.3) is 10.2 Å². The molecule has 2 heterocycles. The van der Waals surface area contributed by atoms with Crippen molar-refractivity contribution in [1.29, 1.82) is 0 Å². The van der Waals surface area contributed by atoms with Gasteiger partial charge in [0, 0.05) is 24.7 Å². The number of aromatic nitrogens is 1. The highest BCUT2D eigenvalue weighted by atomic mass is 35.5. The Morgan fingerprint density at radius 3 is 2.72 bits per heavy atom. The third kappa shape index (κ3) is 3.62. The van der Waals surface area contributed by atoms with Gasteiger partial charge in [0.2, 0.25) is 5.91 Å². The summed E-state index contributed by atoms with van der Waals surface area (Å²) in [5.41, 5.74) is 2.20. The summed E-state index contributed by atoms with van der Waals surface area (Å²) in [5.74, 6) is 0.184. The molecule has 2 aromatic carbocycles. The van der Waals surface area contributed by atoms with Crippen LogP contribution in [0.15, 0.2) is 48.5 Å². The summed E-state index contributed by atoms with van der Waals surface area (Å²) in [5, 5.41) is 4.77. The fourth-order valence-electron chi connectivity index (χ4n) is 2.92. The number of halogens is 1. The SMILES string of the molecule is O=C(NCCc1ccc(Cl)cc1)C1CN(c2nc3ccccc3s2)C1. The Labute approximate surface area is 155 Å². The highest BCUT2D eigenvalue weighted by Gasteiger charge is 2.34. The van der Waals surface area contributed by atoms with Crippen molar-refractivity contribution >= 4 is 44.2 Å². The summed E-state index contributed by atoms with van der Waals surface area (Å²) in [6.45, 7) is 2.14. The Morgan fingerprint density at radius 2 is 1.96 bits per heavy atom. The predicted octanol–water partition coefficient (Wildman–Crippen LogP) is 3.74. The molecule has 1 saturated heterocycles. The lowest BCUT2D eigenvalue weighted by Crippen LogP contribution is -2.54. The van der Waals surface area contributed by atoms with E-state index in [0.29, 0.717) is 6.54 Å². The Morgan fingerprint density at radius 1 is 1.20 bits per heavy atom. The zero-order valence-electron chi connectivity index (χ0n) is 13.6. The number of rotatable bonds is 5. The minimum Gasteiger partial charge on any atom is -0.355 e. The van der Waals surface area contributed by atoms with Crippen LogP contribution in [0.3, 0.4) is 0 Å². The van der Waals surface area contributed by atoms with Crippen LogP contribution in [0.5, 0.6) is 0 Å². The van der Waals surface area contributed by atoms with Crippen LogP contribution in [0.2, 0.25) is 5.02 Å². The minimum absolute atomic E-state index is 0.0530. The van der Waals surface area contributed by atoms with E-state index in [4.69, 9.17) is 11.6 Å². The Kier molecular flexibility index (Phi) is 4.59. The molecule has 0 bridgehead atoms. The molecule has 1 N–H and O–H groups in total. The first-order valence-corrected chi connectivity index (χ1v) is 9.51. The molecule has 6 heteroatoms. The number of carbonyl (C=O) groups excluding carboxylic acids is 1. The standard InChI is InChI=1S/C19H18ClN3OS/c20-15-7-5-13(6-8-15)9-10-21-18(24)14-11-23(12-14)19-22-16-3-1-2-4-17(16)25-19/h1-8,14H,9-12H2,(H,21,24). The summed E-state index contributed by atoms with van der Waals surface area (Å²) in [6.07, 6.45) is 0.817. The third-order valence-electron chi connectivity index (χ3n) is 4.43. The second kappa shape index (κ2) is 7.02. The lowest BCUT2D eigenvalue weighted by Gasteiger charge is -2.37. The van der Waals surface area contributed by atoms with Gasteiger partial charge in [0.25, 0.3) is 0 Å². The highest BCUT2D eigenvalue weighted by Crippen LogP contribution is 2.32. The molecule has 0 aliphatic carbocycles. The maximum atomic E-state index is 12.2. The smallest absolute Gasteiger partial charge is 0.226 e. The molecule has 1 aliphatic heterocycles. The van der Waals surface area contributed by atoms with E-state index in [9.17, 15) is 4.79 Å². The number of thiazole rings is 1. The van der Waals surface area contributed by atoms with Crippen LogP contribution >= 0.6 is 22.9 Å². The first kappa shape index (κ1) is 16.4. The van der Waals surface area contributed by atoms with Crippen molar-refractivity contribution in [3.63, 3.8) is 0 Å². The Hall–Kier alpha value is -2.11. The summed E-state index contributed by atoms with van der Waals surface area (Å²) in [4.78, 5) is 19.1. The predicted molar refractivity (Wildman–Crippen MR) is 103 cm³/mol. The van der Waals surface area contributed by atoms with E-state index in [1.165, 1.54) is 10.3 Å². The van der Waals surface area contributed by atoms with Crippen molar-refractivity contribution in [2.75, 3.05) is 24.5 Å². The molecule has 0 saturated carbocycles. The van der Waals surface area contributed by atoms with E-state index in [2.05, 4.69) is 21.3 Å². The molecule has 0 unspecified atom stereocenters. The van der Waals surface area contributed by atoms with Crippen molar-refractivity contribution in [1.82, 2.24) is 10.3 Å². The highest BCUT2D eigenvalue weighted by molar-refractivity contribution is 7.22. The van der Waals surface area contributed by atoms with Gasteiger partial charge in [0.15, 0.2) is 5.13 Å². The fraction of sp³-hybridized carbons (Fsp3) is 0.263. The zero-order chi connectivity index (χ0) is 17.2. The third-order valence-corrected chi connectivity index (χ3v) is 5.78. The van der Waals surface area contributed by atoms with Gasteiger partial charge in [-0.25, -0.2) is 4.98 Å². The van der Waals surface area contributed by atoms with Gasteiger partial charge < -0.3 is 10.2 Å². The quantitative estimate of drug-likeness (QED) is 0.743. The van der Waals surface area contributed by atoms with Crippen molar-refractivity contribution in [2.24, 2.45) is 5.92 Å². The van der Waals surface area contributed by atoms with E-state index in [0.717, 1.165) is 35.2 Å². The maximum Gasteiger partial charge on any atom is 0.226 e. The van der Waals surface area contributed by atoms with Crippen LogP contribution < -0.4 is 10.2 Å². The van der Waals surface area contributed by atoms with Gasteiger partial charge in [-0.15, -0.1) is 0 Å². The molecule has 0 atom stereocenters. The fourth-order valence-corrected chi connectivity index (χ4v) is 4.03. The summed E-state index contributed by atoms with van der Waals surface area (Å²) < 4.78 is 1.19. The zero-order valence-corrected chi connectivity index (χ0v) is 15.2. The summed E-state index contributed by atoms with van der Waals surface area (Å²) in [6, 6.07) is 15.9. The molecule has 0 radical (unpaired) electrons. The Bertz CT molecular complexity index is 854. The number of nitrogens with one attached hydrogen (secondary N) is 1. The number of fused-ring (bicyclic) bond motifs is 1. The molecule has 128 valence electrons. The average molecular weight is 372 g/mol. The second-order valence-electron chi connectivity index (χ2n) is 6.23. The molecule has 25 heavy (non-hydrogen) atoms. The van der Waals surface area contributed by atoms with Gasteiger partial charge in [0.1, 0.15) is 0 Å². The van der Waals surface area contributed by atoms with Crippen LogP contribution in [-0.2, 0) is 11.2 Å². The van der Waals surface area contributed by atoms with E-state index in [-0.39, 0.29) is 11.8 Å². The Balaban J connectivity index is 1.25. The first-order chi connectivity index (χ1) is 12.2. The van der Waals surface area contributed by atoms with Crippen molar-refractivity contribution < 1.29 is 4.79 Å². The number of hydrogen-bond donors (Lipinski definition) is 1. The number of para-hydroxylation sites is 1. The lowest BCUT2D eigenvalue weighted by atomic mass is 10.00. The van der Waals surface area contributed by atoms with Gasteiger partial charge in [-0.1, -0.05) is 47.2 Å². The largest absolute Gasteiger partial charge is 0.355 e. The van der Waals surface area contributed by atoms with Crippen molar-refractivity contribution in [3.8, 4) is 0 Å². The van der Waals surface area contributed by atoms with Gasteiger partial charge in [-0.3, -0.25) is 4.79 Å². The molecule has 1 aliphatic rings. The molecule has 3 aromatic rings. The van der Waals surface area contributed by atoms with Crippen molar-refractivity contribution in [2.45, 2.75) is 6.42 Å². The number of amides is 1. The molecule has 1 aromatic heterocycles. The molecule has 4 rings (SSSR count). The topological polar surface area (TPSA) is 45.2 Å². The number of anilines is 1. The average Bonchev–Trinajstić information content (AvgIpc) is 2.98. The number of benzene rings is 2.